The summed E-state index contributed by atoms with van der Waals surface area (Å²) in [5.74, 6) is 1.51. The van der Waals surface area contributed by atoms with Crippen LogP contribution < -0.4 is 0 Å². The second-order valence-corrected chi connectivity index (χ2v) is 3.40. The highest BCUT2D eigenvalue weighted by Crippen LogP contribution is 2.30. The maximum Gasteiger partial charge on any atom is -0.0357 e. The highest BCUT2D eigenvalue weighted by molar-refractivity contribution is 4.82. The molecule has 0 nitrogen and oxygen atoms in total. The van der Waals surface area contributed by atoms with Crippen LogP contribution in [0.2, 0.25) is 0 Å². The smallest absolute Gasteiger partial charge is 0.0357 e. The predicted octanol–water partition coefficient (Wildman–Crippen LogP) is 3.24. The molecule has 1 saturated carbocycles. The summed E-state index contributed by atoms with van der Waals surface area (Å²) in [6.45, 7) is 6.26. The van der Waals surface area contributed by atoms with Crippen molar-refractivity contribution in [1.29, 1.82) is 0 Å². The van der Waals surface area contributed by atoms with Gasteiger partial charge < -0.3 is 0 Å². The Morgan fingerprint density at radius 2 is 1.90 bits per heavy atom. The lowest BCUT2D eigenvalue weighted by Gasteiger charge is -2.26. The van der Waals surface area contributed by atoms with Gasteiger partial charge in [0.05, 0.1) is 0 Å². The van der Waals surface area contributed by atoms with Gasteiger partial charge in [-0.3, -0.25) is 0 Å². The van der Waals surface area contributed by atoms with E-state index in [-0.39, 0.29) is 0 Å². The Morgan fingerprint density at radius 1 is 1.30 bits per heavy atom. The summed E-state index contributed by atoms with van der Waals surface area (Å²) in [6, 6.07) is 0. The highest BCUT2D eigenvalue weighted by Gasteiger charge is 2.18. The minimum absolute atomic E-state index is 0.611. The van der Waals surface area contributed by atoms with Crippen molar-refractivity contribution in [3.8, 4) is 0 Å². The van der Waals surface area contributed by atoms with Gasteiger partial charge in [-0.25, -0.2) is 0 Å². The Kier molecular flexibility index (Phi) is 3.24. The maximum atomic E-state index is 4.12. The third kappa shape index (κ3) is 2.00. The molecule has 1 rings (SSSR count). The van der Waals surface area contributed by atoms with E-state index in [1.54, 1.807) is 0 Å². The quantitative estimate of drug-likeness (QED) is 0.549. The zero-order chi connectivity index (χ0) is 7.40. The van der Waals surface area contributed by atoms with Crippen LogP contribution in [0.25, 0.3) is 0 Å². The average molecular weight is 138 g/mol. The highest BCUT2D eigenvalue weighted by atomic mass is 14.2. The van der Waals surface area contributed by atoms with Crippen molar-refractivity contribution in [2.45, 2.75) is 39.0 Å². The second kappa shape index (κ2) is 4.00. The van der Waals surface area contributed by atoms with Gasteiger partial charge >= 0.3 is 0 Å². The fraction of sp³-hybridized carbons (Fsp3) is 0.800. The molecule has 1 unspecified atom stereocenters. The Balaban J connectivity index is 2.24. The first kappa shape index (κ1) is 8.10. The van der Waals surface area contributed by atoms with Gasteiger partial charge in [0.25, 0.3) is 0 Å². The Bertz CT molecular complexity index is 80.0. The van der Waals surface area contributed by atoms with E-state index in [0.717, 1.165) is 5.92 Å². The maximum absolute atomic E-state index is 4.12. The first-order valence-electron chi connectivity index (χ1n) is 4.47. The molecule has 0 aliphatic heterocycles. The van der Waals surface area contributed by atoms with E-state index in [1.807, 2.05) is 0 Å². The number of rotatable bonds is 2. The van der Waals surface area contributed by atoms with Crippen LogP contribution in [0.1, 0.15) is 39.0 Å². The predicted molar refractivity (Wildman–Crippen MR) is 45.4 cm³/mol. The molecule has 0 aromatic rings. The molecule has 0 amide bonds. The van der Waals surface area contributed by atoms with Gasteiger partial charge in [0.1, 0.15) is 0 Å². The molecule has 1 aliphatic carbocycles. The molecule has 0 saturated heterocycles. The van der Waals surface area contributed by atoms with E-state index in [9.17, 15) is 0 Å². The van der Waals surface area contributed by atoms with Crippen molar-refractivity contribution in [3.63, 3.8) is 0 Å². The summed E-state index contributed by atoms with van der Waals surface area (Å²) in [5.41, 5.74) is 0. The van der Waals surface area contributed by atoms with Crippen LogP contribution in [0.3, 0.4) is 0 Å². The molecular weight excluding hydrogens is 120 g/mol. The van der Waals surface area contributed by atoms with E-state index in [2.05, 4.69) is 20.3 Å². The van der Waals surface area contributed by atoms with E-state index >= 15 is 0 Å². The SMILES string of the molecule is [CH2]C([CH]C)C1CCCCC1. The molecule has 0 aromatic heterocycles. The van der Waals surface area contributed by atoms with Crippen molar-refractivity contribution < 1.29 is 0 Å². The summed E-state index contributed by atoms with van der Waals surface area (Å²) >= 11 is 0. The van der Waals surface area contributed by atoms with Crippen LogP contribution in [0.5, 0.6) is 0 Å². The lowest BCUT2D eigenvalue weighted by atomic mass is 9.80. The zero-order valence-electron chi connectivity index (χ0n) is 6.97. The van der Waals surface area contributed by atoms with Gasteiger partial charge in [0.2, 0.25) is 0 Å². The molecule has 1 atom stereocenters. The molecule has 0 spiro atoms. The third-order valence-electron chi connectivity index (χ3n) is 2.68. The van der Waals surface area contributed by atoms with E-state index in [0.29, 0.717) is 5.92 Å². The molecule has 1 aliphatic rings. The fourth-order valence-electron chi connectivity index (χ4n) is 1.83. The first-order valence-corrected chi connectivity index (χ1v) is 4.47. The van der Waals surface area contributed by atoms with Crippen molar-refractivity contribution in [2.24, 2.45) is 11.8 Å². The van der Waals surface area contributed by atoms with Crippen LogP contribution in [-0.4, -0.2) is 0 Å². The summed E-state index contributed by atoms with van der Waals surface area (Å²) < 4.78 is 0. The van der Waals surface area contributed by atoms with Crippen LogP contribution in [0.15, 0.2) is 0 Å². The Hall–Kier alpha value is 0. The van der Waals surface area contributed by atoms with E-state index in [4.69, 9.17) is 0 Å². The molecule has 0 N–H and O–H groups in total. The van der Waals surface area contributed by atoms with Crippen molar-refractivity contribution in [2.75, 3.05) is 0 Å². The zero-order valence-corrected chi connectivity index (χ0v) is 6.97. The Morgan fingerprint density at radius 3 is 2.40 bits per heavy atom. The van der Waals surface area contributed by atoms with Crippen LogP contribution >= 0.6 is 0 Å². The van der Waals surface area contributed by atoms with Crippen LogP contribution in [0.4, 0.5) is 0 Å². The summed E-state index contributed by atoms with van der Waals surface area (Å²) in [7, 11) is 0. The lowest BCUT2D eigenvalue weighted by Crippen LogP contribution is -2.14. The Labute approximate surface area is 65.0 Å². The topological polar surface area (TPSA) is 0 Å². The van der Waals surface area contributed by atoms with Crippen molar-refractivity contribution in [3.05, 3.63) is 13.3 Å². The van der Waals surface area contributed by atoms with Crippen LogP contribution in [-0.2, 0) is 0 Å². The molecule has 10 heavy (non-hydrogen) atoms. The average Bonchev–Trinajstić information content (AvgIpc) is 2.05. The van der Waals surface area contributed by atoms with Gasteiger partial charge in [0.15, 0.2) is 0 Å². The molecule has 0 aromatic carbocycles. The summed E-state index contributed by atoms with van der Waals surface area (Å²) in [4.78, 5) is 0. The normalized spacial score (nSPS) is 24.6. The summed E-state index contributed by atoms with van der Waals surface area (Å²) in [6.07, 6.45) is 9.40. The fourth-order valence-corrected chi connectivity index (χ4v) is 1.83. The van der Waals surface area contributed by atoms with E-state index in [1.165, 1.54) is 32.1 Å². The van der Waals surface area contributed by atoms with Crippen molar-refractivity contribution >= 4 is 0 Å². The summed E-state index contributed by atoms with van der Waals surface area (Å²) in [5, 5.41) is 0. The molecule has 0 bridgehead atoms. The molecule has 58 valence electrons. The molecule has 1 fully saturated rings. The third-order valence-corrected chi connectivity index (χ3v) is 2.68. The molecule has 2 radical (unpaired) electrons. The first-order chi connectivity index (χ1) is 4.84. The minimum Gasteiger partial charge on any atom is -0.0620 e. The second-order valence-electron chi connectivity index (χ2n) is 3.40. The minimum atomic E-state index is 0.611. The number of hydrogen-bond acceptors (Lipinski definition) is 0. The van der Waals surface area contributed by atoms with Crippen molar-refractivity contribution in [1.82, 2.24) is 0 Å². The van der Waals surface area contributed by atoms with Gasteiger partial charge in [-0.15, -0.1) is 0 Å². The molecule has 0 heterocycles. The standard InChI is InChI=1S/C10H18/c1-3-9(2)10-7-5-4-6-8-10/h3,9-10H,2,4-8H2,1H3. The van der Waals surface area contributed by atoms with E-state index < -0.39 is 0 Å². The van der Waals surface area contributed by atoms with Gasteiger partial charge in [-0.1, -0.05) is 39.0 Å². The lowest BCUT2D eigenvalue weighted by molar-refractivity contribution is 0.306. The van der Waals surface area contributed by atoms with Gasteiger partial charge in [0, 0.05) is 0 Å². The van der Waals surface area contributed by atoms with Gasteiger partial charge in [-0.05, 0) is 25.2 Å². The number of hydrogen-bond donors (Lipinski definition) is 0. The van der Waals surface area contributed by atoms with Crippen LogP contribution in [0, 0.1) is 25.2 Å². The molecular formula is C10H18. The largest absolute Gasteiger partial charge is 0.0620 e. The molecule has 0 heteroatoms. The monoisotopic (exact) mass is 138 g/mol. The van der Waals surface area contributed by atoms with Gasteiger partial charge in [-0.2, -0.15) is 0 Å².